The molecule has 1 aromatic heterocycles. The lowest BCUT2D eigenvalue weighted by molar-refractivity contribution is 0.125. The van der Waals surface area contributed by atoms with Gasteiger partial charge in [-0.15, -0.1) is 11.3 Å². The van der Waals surface area contributed by atoms with Crippen LogP contribution in [-0.4, -0.2) is 38.3 Å². The fraction of sp³-hybridized carbons (Fsp3) is 0.692. The average molecular weight is 256 g/mol. The molecule has 0 saturated heterocycles. The highest BCUT2D eigenvalue weighted by Crippen LogP contribution is 2.19. The SMILES string of the molecule is CNCc1ccc(CN(CCOC)C(C)C)s1. The van der Waals surface area contributed by atoms with Gasteiger partial charge in [-0.2, -0.15) is 0 Å². The zero-order valence-electron chi connectivity index (χ0n) is 11.3. The molecule has 0 fully saturated rings. The van der Waals surface area contributed by atoms with Gasteiger partial charge in [0.15, 0.2) is 0 Å². The van der Waals surface area contributed by atoms with Crippen molar-refractivity contribution in [1.82, 2.24) is 10.2 Å². The summed E-state index contributed by atoms with van der Waals surface area (Å²) in [6.07, 6.45) is 0. The highest BCUT2D eigenvalue weighted by atomic mass is 32.1. The molecular weight excluding hydrogens is 232 g/mol. The Balaban J connectivity index is 2.52. The third-order valence-corrected chi connectivity index (χ3v) is 3.81. The molecule has 0 unspecified atom stereocenters. The summed E-state index contributed by atoms with van der Waals surface area (Å²) in [7, 11) is 3.74. The van der Waals surface area contributed by atoms with Gasteiger partial charge >= 0.3 is 0 Å². The average Bonchev–Trinajstić information content (AvgIpc) is 2.72. The van der Waals surface area contributed by atoms with Gasteiger partial charge in [-0.05, 0) is 33.0 Å². The molecule has 0 spiro atoms. The Morgan fingerprint density at radius 1 is 1.35 bits per heavy atom. The lowest BCUT2D eigenvalue weighted by Crippen LogP contribution is -2.32. The van der Waals surface area contributed by atoms with Crippen molar-refractivity contribution in [2.75, 3.05) is 27.3 Å². The van der Waals surface area contributed by atoms with E-state index in [1.54, 1.807) is 7.11 Å². The summed E-state index contributed by atoms with van der Waals surface area (Å²) in [5.41, 5.74) is 0. The smallest absolute Gasteiger partial charge is 0.0589 e. The standard InChI is InChI=1S/C13H24N2OS/c1-11(2)15(7-8-16-4)10-13-6-5-12(17-13)9-14-3/h5-6,11,14H,7-10H2,1-4H3. The summed E-state index contributed by atoms with van der Waals surface area (Å²) >= 11 is 1.89. The first kappa shape index (κ1) is 14.6. The van der Waals surface area contributed by atoms with Crippen LogP contribution in [0.1, 0.15) is 23.6 Å². The number of nitrogens with zero attached hydrogens (tertiary/aromatic N) is 1. The molecule has 4 heteroatoms. The quantitative estimate of drug-likeness (QED) is 0.772. The van der Waals surface area contributed by atoms with Crippen LogP contribution in [0.5, 0.6) is 0 Å². The predicted molar refractivity (Wildman–Crippen MR) is 74.5 cm³/mol. The van der Waals surface area contributed by atoms with Crippen molar-refractivity contribution >= 4 is 11.3 Å². The summed E-state index contributed by atoms with van der Waals surface area (Å²) < 4.78 is 5.16. The highest BCUT2D eigenvalue weighted by molar-refractivity contribution is 7.11. The number of rotatable bonds is 8. The van der Waals surface area contributed by atoms with Crippen LogP contribution in [0.3, 0.4) is 0 Å². The maximum absolute atomic E-state index is 5.16. The molecule has 3 nitrogen and oxygen atoms in total. The first-order chi connectivity index (χ1) is 8.17. The molecule has 0 aliphatic rings. The molecule has 0 bridgehead atoms. The lowest BCUT2D eigenvalue weighted by Gasteiger charge is -2.25. The van der Waals surface area contributed by atoms with Crippen LogP contribution in [0.2, 0.25) is 0 Å². The van der Waals surface area contributed by atoms with Crippen molar-refractivity contribution < 1.29 is 4.74 Å². The van der Waals surface area contributed by atoms with Gasteiger partial charge in [0.05, 0.1) is 6.61 Å². The van der Waals surface area contributed by atoms with Crippen LogP contribution >= 0.6 is 11.3 Å². The van der Waals surface area contributed by atoms with Gasteiger partial charge in [-0.25, -0.2) is 0 Å². The molecule has 1 rings (SSSR count). The molecule has 1 N–H and O–H groups in total. The van der Waals surface area contributed by atoms with Crippen molar-refractivity contribution in [1.29, 1.82) is 0 Å². The molecule has 17 heavy (non-hydrogen) atoms. The Morgan fingerprint density at radius 3 is 2.65 bits per heavy atom. The number of thiophene rings is 1. The van der Waals surface area contributed by atoms with Crippen molar-refractivity contribution in [3.8, 4) is 0 Å². The number of hydrogen-bond acceptors (Lipinski definition) is 4. The molecule has 1 aromatic rings. The second-order valence-electron chi connectivity index (χ2n) is 4.46. The number of ether oxygens (including phenoxy) is 1. The fourth-order valence-corrected chi connectivity index (χ4v) is 2.76. The van der Waals surface area contributed by atoms with Gasteiger partial charge in [0.25, 0.3) is 0 Å². The molecule has 0 atom stereocenters. The second-order valence-corrected chi connectivity index (χ2v) is 5.71. The Kier molecular flexibility index (Phi) is 6.73. The Bertz CT molecular complexity index is 312. The fourth-order valence-electron chi connectivity index (χ4n) is 1.71. The van der Waals surface area contributed by atoms with E-state index in [2.05, 4.69) is 36.2 Å². The summed E-state index contributed by atoms with van der Waals surface area (Å²) in [5.74, 6) is 0. The molecule has 0 amide bonds. The normalized spacial score (nSPS) is 11.6. The van der Waals surface area contributed by atoms with Crippen LogP contribution in [-0.2, 0) is 17.8 Å². The first-order valence-corrected chi connectivity index (χ1v) is 6.94. The molecule has 98 valence electrons. The Morgan fingerprint density at radius 2 is 2.06 bits per heavy atom. The second kappa shape index (κ2) is 7.82. The lowest BCUT2D eigenvalue weighted by atomic mass is 10.3. The largest absolute Gasteiger partial charge is 0.383 e. The number of hydrogen-bond donors (Lipinski definition) is 1. The minimum atomic E-state index is 0.556. The molecule has 0 aliphatic heterocycles. The molecule has 0 saturated carbocycles. The maximum Gasteiger partial charge on any atom is 0.0589 e. The van der Waals surface area contributed by atoms with E-state index in [-0.39, 0.29) is 0 Å². The van der Waals surface area contributed by atoms with Crippen LogP contribution in [0.4, 0.5) is 0 Å². The van der Waals surface area contributed by atoms with Crippen LogP contribution < -0.4 is 5.32 Å². The molecule has 0 radical (unpaired) electrons. The first-order valence-electron chi connectivity index (χ1n) is 6.12. The van der Waals surface area contributed by atoms with Crippen LogP contribution in [0, 0.1) is 0 Å². The minimum absolute atomic E-state index is 0.556. The van der Waals surface area contributed by atoms with Crippen molar-refractivity contribution in [2.45, 2.75) is 33.0 Å². The summed E-state index contributed by atoms with van der Waals surface area (Å²) in [4.78, 5) is 5.27. The van der Waals surface area contributed by atoms with E-state index in [1.165, 1.54) is 9.75 Å². The highest BCUT2D eigenvalue weighted by Gasteiger charge is 2.11. The van der Waals surface area contributed by atoms with Crippen LogP contribution in [0.15, 0.2) is 12.1 Å². The van der Waals surface area contributed by atoms with Gasteiger partial charge in [-0.3, -0.25) is 4.90 Å². The van der Waals surface area contributed by atoms with Gasteiger partial charge in [0.1, 0.15) is 0 Å². The molecule has 1 heterocycles. The summed E-state index contributed by atoms with van der Waals surface area (Å²) in [6, 6.07) is 5.00. The van der Waals surface area contributed by atoms with Crippen molar-refractivity contribution in [3.05, 3.63) is 21.9 Å². The van der Waals surface area contributed by atoms with Gasteiger partial charge in [0, 0.05) is 42.5 Å². The van der Waals surface area contributed by atoms with Gasteiger partial charge in [0.2, 0.25) is 0 Å². The zero-order valence-corrected chi connectivity index (χ0v) is 12.1. The van der Waals surface area contributed by atoms with E-state index >= 15 is 0 Å². The van der Waals surface area contributed by atoms with E-state index in [1.807, 2.05) is 18.4 Å². The van der Waals surface area contributed by atoms with E-state index in [9.17, 15) is 0 Å². The third-order valence-electron chi connectivity index (χ3n) is 2.74. The van der Waals surface area contributed by atoms with Crippen molar-refractivity contribution in [3.63, 3.8) is 0 Å². The molecule has 0 aliphatic carbocycles. The van der Waals surface area contributed by atoms with E-state index < -0.39 is 0 Å². The van der Waals surface area contributed by atoms with Crippen molar-refractivity contribution in [2.24, 2.45) is 0 Å². The summed E-state index contributed by atoms with van der Waals surface area (Å²) in [5, 5.41) is 3.18. The minimum Gasteiger partial charge on any atom is -0.383 e. The topological polar surface area (TPSA) is 24.5 Å². The van der Waals surface area contributed by atoms with E-state index in [4.69, 9.17) is 4.74 Å². The monoisotopic (exact) mass is 256 g/mol. The Hall–Kier alpha value is -0.420. The van der Waals surface area contributed by atoms with E-state index in [0.717, 1.165) is 26.2 Å². The zero-order chi connectivity index (χ0) is 12.7. The number of nitrogens with one attached hydrogen (secondary N) is 1. The van der Waals surface area contributed by atoms with Crippen LogP contribution in [0.25, 0.3) is 0 Å². The summed E-state index contributed by atoms with van der Waals surface area (Å²) in [6.45, 7) is 8.25. The van der Waals surface area contributed by atoms with Gasteiger partial charge < -0.3 is 10.1 Å². The molecular formula is C13H24N2OS. The third kappa shape index (κ3) is 5.17. The maximum atomic E-state index is 5.16. The molecule has 0 aromatic carbocycles. The Labute approximate surface area is 109 Å². The van der Waals surface area contributed by atoms with Gasteiger partial charge in [-0.1, -0.05) is 0 Å². The number of methoxy groups -OCH3 is 1. The predicted octanol–water partition coefficient (Wildman–Crippen LogP) is 2.32. The van der Waals surface area contributed by atoms with E-state index in [0.29, 0.717) is 6.04 Å².